The van der Waals surface area contributed by atoms with Crippen molar-refractivity contribution >= 4 is 16.6 Å². The lowest BCUT2D eigenvalue weighted by molar-refractivity contribution is 0.559. The van der Waals surface area contributed by atoms with Crippen LogP contribution in [0.4, 0.5) is 0 Å². The van der Waals surface area contributed by atoms with Gasteiger partial charge < -0.3 is 8.85 Å². The van der Waals surface area contributed by atoms with Gasteiger partial charge in [-0.05, 0) is 61.6 Å². The largest absolute Gasteiger partial charge is 0.540 e. The Balaban J connectivity index is 2.20. The third-order valence-corrected chi connectivity index (χ3v) is 8.39. The molecule has 0 aliphatic carbocycles. The van der Waals surface area contributed by atoms with Crippen molar-refractivity contribution in [1.82, 2.24) is 0 Å². The van der Waals surface area contributed by atoms with E-state index in [1.807, 2.05) is 11.4 Å². The quantitative estimate of drug-likeness (QED) is 0.466. The Morgan fingerprint density at radius 1 is 0.667 bits per heavy atom. The normalized spacial score (nSPS) is 12.4. The highest BCUT2D eigenvalue weighted by Gasteiger charge is 2.25. The highest BCUT2D eigenvalue weighted by atomic mass is 28.4. The molecule has 0 radical (unpaired) electrons. The summed E-state index contributed by atoms with van der Waals surface area (Å²) in [6.45, 7) is 20.8. The van der Waals surface area contributed by atoms with Gasteiger partial charge in [-0.3, -0.25) is 0 Å². The Morgan fingerprint density at radius 3 is 1.22 bits per heavy atom. The minimum atomic E-state index is -1.83. The highest BCUT2D eigenvalue weighted by molar-refractivity contribution is 6.77. The Labute approximate surface area is 166 Å². The van der Waals surface area contributed by atoms with Crippen LogP contribution in [0.1, 0.15) is 25.0 Å². The summed E-state index contributed by atoms with van der Waals surface area (Å²) in [4.78, 5) is 0. The molecule has 144 valence electrons. The lowest BCUT2D eigenvalue weighted by Gasteiger charge is -2.28. The zero-order valence-corrected chi connectivity index (χ0v) is 19.5. The van der Waals surface area contributed by atoms with Crippen molar-refractivity contribution in [1.29, 1.82) is 0 Å². The van der Waals surface area contributed by atoms with Crippen molar-refractivity contribution in [3.05, 3.63) is 84.2 Å². The van der Waals surface area contributed by atoms with Gasteiger partial charge in [-0.15, -0.1) is 13.2 Å². The van der Waals surface area contributed by atoms with Crippen LogP contribution < -0.4 is 8.85 Å². The van der Waals surface area contributed by atoms with Gasteiger partial charge in [-0.2, -0.15) is 0 Å². The van der Waals surface area contributed by atoms with E-state index in [0.29, 0.717) is 0 Å². The fourth-order valence-corrected chi connectivity index (χ4v) is 4.39. The van der Waals surface area contributed by atoms with Crippen molar-refractivity contribution in [3.63, 3.8) is 0 Å². The zero-order chi connectivity index (χ0) is 20.3. The van der Waals surface area contributed by atoms with Crippen LogP contribution in [0.25, 0.3) is 0 Å². The molecule has 0 aromatic heterocycles. The van der Waals surface area contributed by atoms with Crippen LogP contribution in [-0.2, 0) is 5.41 Å². The van der Waals surface area contributed by atoms with Crippen LogP contribution >= 0.6 is 0 Å². The van der Waals surface area contributed by atoms with Gasteiger partial charge >= 0.3 is 0 Å². The fraction of sp³-hybridized carbons (Fsp3) is 0.304. The van der Waals surface area contributed by atoms with Gasteiger partial charge in [0.2, 0.25) is 0 Å². The molecule has 2 nitrogen and oxygen atoms in total. The minimum absolute atomic E-state index is 0.103. The molecule has 0 N–H and O–H groups in total. The van der Waals surface area contributed by atoms with Crippen molar-refractivity contribution in [3.8, 4) is 11.5 Å². The molecule has 0 bridgehead atoms. The summed E-state index contributed by atoms with van der Waals surface area (Å²) in [6.07, 6.45) is 0. The Hall–Kier alpha value is -2.05. The SMILES string of the molecule is C=C[Si](C)(C)Oc1ccc(C(C)(C)c2ccc(O[Si](C)(C)C=C)cc2)cc1. The van der Waals surface area contributed by atoms with Crippen LogP contribution in [-0.4, -0.2) is 16.6 Å². The summed E-state index contributed by atoms with van der Waals surface area (Å²) in [7, 11) is -3.66. The summed E-state index contributed by atoms with van der Waals surface area (Å²) >= 11 is 0. The number of hydrogen-bond acceptors (Lipinski definition) is 2. The summed E-state index contributed by atoms with van der Waals surface area (Å²) in [5.41, 5.74) is 6.30. The molecule has 0 atom stereocenters. The molecular weight excluding hydrogens is 364 g/mol. The molecule has 0 aliphatic rings. The van der Waals surface area contributed by atoms with Crippen LogP contribution in [0.15, 0.2) is 73.1 Å². The van der Waals surface area contributed by atoms with E-state index in [1.165, 1.54) is 11.1 Å². The van der Waals surface area contributed by atoms with Crippen molar-refractivity contribution in [2.24, 2.45) is 0 Å². The maximum absolute atomic E-state index is 6.10. The van der Waals surface area contributed by atoms with Gasteiger partial charge in [0.1, 0.15) is 11.5 Å². The second kappa shape index (κ2) is 7.91. The van der Waals surface area contributed by atoms with E-state index in [2.05, 4.69) is 102 Å². The molecule has 0 unspecified atom stereocenters. The number of hydrogen-bond donors (Lipinski definition) is 0. The van der Waals surface area contributed by atoms with Gasteiger partial charge in [0.25, 0.3) is 16.6 Å². The van der Waals surface area contributed by atoms with E-state index in [9.17, 15) is 0 Å². The topological polar surface area (TPSA) is 18.5 Å². The van der Waals surface area contributed by atoms with Crippen molar-refractivity contribution in [2.45, 2.75) is 45.5 Å². The Bertz CT molecular complexity index is 721. The summed E-state index contributed by atoms with van der Waals surface area (Å²) in [6, 6.07) is 16.9. The zero-order valence-electron chi connectivity index (χ0n) is 17.5. The van der Waals surface area contributed by atoms with E-state index >= 15 is 0 Å². The molecule has 0 saturated heterocycles. The fourth-order valence-electron chi connectivity index (χ4n) is 2.74. The molecule has 2 aromatic carbocycles. The molecule has 0 heterocycles. The molecule has 4 heteroatoms. The van der Waals surface area contributed by atoms with Crippen LogP contribution in [0.5, 0.6) is 11.5 Å². The van der Waals surface area contributed by atoms with E-state index in [0.717, 1.165) is 11.5 Å². The molecule has 0 fully saturated rings. The van der Waals surface area contributed by atoms with Gasteiger partial charge in [0, 0.05) is 5.41 Å². The van der Waals surface area contributed by atoms with Gasteiger partial charge in [0.15, 0.2) is 0 Å². The number of benzene rings is 2. The van der Waals surface area contributed by atoms with Crippen molar-refractivity contribution in [2.75, 3.05) is 0 Å². The number of rotatable bonds is 8. The monoisotopic (exact) mass is 396 g/mol. The first-order valence-corrected chi connectivity index (χ1v) is 15.3. The van der Waals surface area contributed by atoms with E-state index in [1.54, 1.807) is 0 Å². The molecule has 0 amide bonds. The average Bonchev–Trinajstić information content (AvgIpc) is 2.62. The lowest BCUT2D eigenvalue weighted by Crippen LogP contribution is -2.31. The van der Waals surface area contributed by atoms with Crippen LogP contribution in [0.2, 0.25) is 26.2 Å². The smallest absolute Gasteiger partial charge is 0.269 e. The van der Waals surface area contributed by atoms with E-state index < -0.39 is 16.6 Å². The van der Waals surface area contributed by atoms with E-state index in [4.69, 9.17) is 8.85 Å². The summed E-state index contributed by atoms with van der Waals surface area (Å²) < 4.78 is 12.2. The molecule has 0 saturated carbocycles. The Morgan fingerprint density at radius 2 is 0.963 bits per heavy atom. The molecule has 2 rings (SSSR count). The maximum atomic E-state index is 6.10. The molecule has 2 aromatic rings. The van der Waals surface area contributed by atoms with E-state index in [-0.39, 0.29) is 5.41 Å². The second-order valence-electron chi connectivity index (χ2n) is 8.49. The highest BCUT2D eigenvalue weighted by Crippen LogP contribution is 2.34. The summed E-state index contributed by atoms with van der Waals surface area (Å²) in [5.74, 6) is 1.82. The first-order valence-electron chi connectivity index (χ1n) is 9.35. The van der Waals surface area contributed by atoms with Gasteiger partial charge in [-0.1, -0.05) is 49.5 Å². The molecule has 0 spiro atoms. The first kappa shape index (κ1) is 21.3. The lowest BCUT2D eigenvalue weighted by atomic mass is 9.78. The second-order valence-corrected chi connectivity index (χ2v) is 16.1. The average molecular weight is 397 g/mol. The van der Waals surface area contributed by atoms with Gasteiger partial charge in [-0.25, -0.2) is 0 Å². The molecular formula is C23H32O2Si2. The van der Waals surface area contributed by atoms with Crippen molar-refractivity contribution < 1.29 is 8.85 Å². The van der Waals surface area contributed by atoms with Crippen LogP contribution in [0.3, 0.4) is 0 Å². The first-order chi connectivity index (χ1) is 12.5. The molecule has 0 aliphatic heterocycles. The van der Waals surface area contributed by atoms with Crippen LogP contribution in [0, 0.1) is 0 Å². The standard InChI is InChI=1S/C23H32O2Si2/c1-9-26(5,6)24-21-15-11-19(12-16-21)23(3,4)20-13-17-22(18-14-20)25-27(7,8)10-2/h9-18H,1-2H2,3-8H3. The van der Waals surface area contributed by atoms with Gasteiger partial charge in [0.05, 0.1) is 0 Å². The predicted molar refractivity (Wildman–Crippen MR) is 122 cm³/mol. The Kier molecular flexibility index (Phi) is 6.22. The molecule has 27 heavy (non-hydrogen) atoms. The summed E-state index contributed by atoms with van der Waals surface area (Å²) in [5, 5.41) is 0. The third-order valence-electron chi connectivity index (χ3n) is 4.90. The third kappa shape index (κ3) is 5.47. The predicted octanol–water partition coefficient (Wildman–Crippen LogP) is 6.63. The minimum Gasteiger partial charge on any atom is -0.540 e. The maximum Gasteiger partial charge on any atom is 0.269 e.